The molecule has 2 aromatic rings. The molecule has 0 unspecified atom stereocenters. The van der Waals surface area contributed by atoms with Gasteiger partial charge in [-0.3, -0.25) is 14.8 Å². The Balaban J connectivity index is 1.55. The molecule has 30 heavy (non-hydrogen) atoms. The largest absolute Gasteiger partial charge is 0.497 e. The van der Waals surface area contributed by atoms with Crippen LogP contribution in [0.25, 0.3) is 6.08 Å². The molecule has 0 radical (unpaired) electrons. The molecule has 0 bridgehead atoms. The third kappa shape index (κ3) is 5.51. The minimum atomic E-state index is -0.587. The maximum Gasteiger partial charge on any atom is 0.267 e. The Morgan fingerprint density at radius 3 is 2.53 bits per heavy atom. The predicted molar refractivity (Wildman–Crippen MR) is 113 cm³/mol. The van der Waals surface area contributed by atoms with Gasteiger partial charge in [-0.25, -0.2) is 5.48 Å². The highest BCUT2D eigenvalue weighted by molar-refractivity contribution is 5.91. The van der Waals surface area contributed by atoms with Crippen LogP contribution in [-0.2, 0) is 9.59 Å². The molecule has 1 aliphatic rings. The SMILES string of the molecule is COc1cccc(OCC(=O)N2CCN(c3ccccc3/C=C/C(=O)NO)CC2)c1. The minimum Gasteiger partial charge on any atom is -0.497 e. The van der Waals surface area contributed by atoms with Gasteiger partial charge in [-0.2, -0.15) is 0 Å². The molecule has 3 rings (SSSR count). The maximum atomic E-state index is 12.5. The van der Waals surface area contributed by atoms with Crippen molar-refractivity contribution >= 4 is 23.6 Å². The fourth-order valence-corrected chi connectivity index (χ4v) is 3.24. The summed E-state index contributed by atoms with van der Waals surface area (Å²) in [5, 5.41) is 8.64. The highest BCUT2D eigenvalue weighted by Crippen LogP contribution is 2.23. The third-order valence-corrected chi connectivity index (χ3v) is 4.84. The molecule has 1 saturated heterocycles. The average Bonchev–Trinajstić information content (AvgIpc) is 2.81. The van der Waals surface area contributed by atoms with Crippen LogP contribution in [-0.4, -0.2) is 61.8 Å². The first-order valence-electron chi connectivity index (χ1n) is 9.61. The van der Waals surface area contributed by atoms with Crippen molar-refractivity contribution in [3.63, 3.8) is 0 Å². The number of ether oxygens (including phenoxy) is 2. The summed E-state index contributed by atoms with van der Waals surface area (Å²) in [6.07, 6.45) is 2.93. The van der Waals surface area contributed by atoms with Gasteiger partial charge in [0.2, 0.25) is 0 Å². The number of carbonyl (C=O) groups excluding carboxylic acids is 2. The monoisotopic (exact) mass is 411 g/mol. The predicted octanol–water partition coefficient (Wildman–Crippen LogP) is 1.94. The Morgan fingerprint density at radius 1 is 1.07 bits per heavy atom. The molecule has 2 N–H and O–H groups in total. The second-order valence-corrected chi connectivity index (χ2v) is 6.70. The Bertz CT molecular complexity index is 907. The van der Waals surface area contributed by atoms with E-state index in [2.05, 4.69) is 4.90 Å². The lowest BCUT2D eigenvalue weighted by atomic mass is 10.1. The molecule has 0 aliphatic carbocycles. The summed E-state index contributed by atoms with van der Waals surface area (Å²) in [4.78, 5) is 27.7. The number of methoxy groups -OCH3 is 1. The van der Waals surface area contributed by atoms with Crippen molar-refractivity contribution < 1.29 is 24.3 Å². The summed E-state index contributed by atoms with van der Waals surface area (Å²) in [5.41, 5.74) is 3.41. The molecule has 0 atom stereocenters. The molecule has 158 valence electrons. The smallest absolute Gasteiger partial charge is 0.267 e. The van der Waals surface area contributed by atoms with Gasteiger partial charge in [0.15, 0.2) is 6.61 Å². The fourth-order valence-electron chi connectivity index (χ4n) is 3.24. The van der Waals surface area contributed by atoms with Gasteiger partial charge >= 0.3 is 0 Å². The van der Waals surface area contributed by atoms with Gasteiger partial charge < -0.3 is 19.3 Å². The van der Waals surface area contributed by atoms with E-state index in [4.69, 9.17) is 14.7 Å². The van der Waals surface area contributed by atoms with Crippen LogP contribution in [0.2, 0.25) is 0 Å². The molecule has 1 fully saturated rings. The first-order chi connectivity index (χ1) is 14.6. The maximum absolute atomic E-state index is 12.5. The van der Waals surface area contributed by atoms with E-state index in [1.807, 2.05) is 36.4 Å². The van der Waals surface area contributed by atoms with Crippen molar-refractivity contribution in [2.45, 2.75) is 0 Å². The van der Waals surface area contributed by atoms with Gasteiger partial charge in [-0.15, -0.1) is 0 Å². The van der Waals surface area contributed by atoms with E-state index in [0.29, 0.717) is 37.7 Å². The van der Waals surface area contributed by atoms with E-state index in [9.17, 15) is 9.59 Å². The number of carbonyl (C=O) groups is 2. The zero-order valence-electron chi connectivity index (χ0n) is 16.8. The molecule has 0 spiro atoms. The normalized spacial score (nSPS) is 13.9. The summed E-state index contributed by atoms with van der Waals surface area (Å²) < 4.78 is 10.8. The van der Waals surface area contributed by atoms with Gasteiger partial charge in [0.25, 0.3) is 11.8 Å². The van der Waals surface area contributed by atoms with Gasteiger partial charge in [0.1, 0.15) is 11.5 Å². The average molecular weight is 411 g/mol. The van der Waals surface area contributed by atoms with Crippen molar-refractivity contribution in [3.05, 3.63) is 60.2 Å². The van der Waals surface area contributed by atoms with E-state index in [0.717, 1.165) is 11.3 Å². The summed E-state index contributed by atoms with van der Waals surface area (Å²) >= 11 is 0. The van der Waals surface area contributed by atoms with Crippen LogP contribution in [0.1, 0.15) is 5.56 Å². The molecule has 8 heteroatoms. The molecule has 0 aromatic heterocycles. The zero-order valence-corrected chi connectivity index (χ0v) is 16.8. The number of piperazine rings is 1. The van der Waals surface area contributed by atoms with Gasteiger partial charge in [-0.1, -0.05) is 24.3 Å². The molecule has 2 amide bonds. The van der Waals surface area contributed by atoms with E-state index >= 15 is 0 Å². The molecule has 2 aromatic carbocycles. The summed E-state index contributed by atoms with van der Waals surface area (Å²) in [6.45, 7) is 2.47. The van der Waals surface area contributed by atoms with E-state index < -0.39 is 5.91 Å². The molecular formula is C22H25N3O5. The first-order valence-corrected chi connectivity index (χ1v) is 9.61. The van der Waals surface area contributed by atoms with Gasteiger partial charge in [-0.05, 0) is 29.8 Å². The highest BCUT2D eigenvalue weighted by Gasteiger charge is 2.22. The van der Waals surface area contributed by atoms with Crippen LogP contribution in [0.15, 0.2) is 54.6 Å². The molecule has 1 aliphatic heterocycles. The van der Waals surface area contributed by atoms with Crippen LogP contribution in [0.4, 0.5) is 5.69 Å². The Labute approximate surface area is 175 Å². The lowest BCUT2D eigenvalue weighted by Gasteiger charge is -2.36. The number of nitrogens with one attached hydrogen (secondary N) is 1. The van der Waals surface area contributed by atoms with Crippen molar-refractivity contribution in [2.24, 2.45) is 0 Å². The molecular weight excluding hydrogens is 386 g/mol. The summed E-state index contributed by atoms with van der Waals surface area (Å²) in [5.74, 6) is 0.619. The number of hydroxylamine groups is 1. The van der Waals surface area contributed by atoms with Crippen LogP contribution in [0.3, 0.4) is 0 Å². The number of anilines is 1. The molecule has 0 saturated carbocycles. The number of hydrogen-bond donors (Lipinski definition) is 2. The Hall–Kier alpha value is -3.52. The second kappa shape index (κ2) is 10.3. The van der Waals surface area contributed by atoms with Crippen molar-refractivity contribution in [1.82, 2.24) is 10.4 Å². The minimum absolute atomic E-state index is 0.0250. The number of nitrogens with zero attached hydrogens (tertiary/aromatic N) is 2. The third-order valence-electron chi connectivity index (χ3n) is 4.84. The number of benzene rings is 2. The van der Waals surface area contributed by atoms with Gasteiger partial charge in [0.05, 0.1) is 7.11 Å². The summed E-state index contributed by atoms with van der Waals surface area (Å²) in [6, 6.07) is 14.8. The van der Waals surface area contributed by atoms with Crippen LogP contribution in [0.5, 0.6) is 11.5 Å². The Kier molecular flexibility index (Phi) is 7.29. The van der Waals surface area contributed by atoms with Crippen molar-refractivity contribution in [3.8, 4) is 11.5 Å². The summed E-state index contributed by atoms with van der Waals surface area (Å²) in [7, 11) is 1.58. The van der Waals surface area contributed by atoms with Crippen LogP contribution < -0.4 is 19.9 Å². The zero-order chi connectivity index (χ0) is 21.3. The Morgan fingerprint density at radius 2 is 1.80 bits per heavy atom. The fraction of sp³-hybridized carbons (Fsp3) is 0.273. The number of amides is 2. The quantitative estimate of drug-likeness (QED) is 0.411. The van der Waals surface area contributed by atoms with Crippen LogP contribution >= 0.6 is 0 Å². The van der Waals surface area contributed by atoms with Gasteiger partial charge in [0, 0.05) is 44.0 Å². The lowest BCUT2D eigenvalue weighted by Crippen LogP contribution is -2.50. The molecule has 1 heterocycles. The van der Waals surface area contributed by atoms with E-state index in [1.54, 1.807) is 35.7 Å². The van der Waals surface area contributed by atoms with Crippen LogP contribution in [0, 0.1) is 0 Å². The first kappa shape index (κ1) is 21.2. The topological polar surface area (TPSA) is 91.3 Å². The standard InChI is InChI=1S/C22H25N3O5/c1-29-18-6-4-7-19(15-18)30-16-22(27)25-13-11-24(12-14-25)20-8-3-2-5-17(20)9-10-21(26)23-28/h2-10,15,28H,11-14,16H2,1H3,(H,23,26)/b10-9+. The number of hydrogen-bond acceptors (Lipinski definition) is 6. The number of rotatable bonds is 7. The molecule has 8 nitrogen and oxygen atoms in total. The van der Waals surface area contributed by atoms with E-state index in [-0.39, 0.29) is 12.5 Å². The highest BCUT2D eigenvalue weighted by atomic mass is 16.5. The van der Waals surface area contributed by atoms with Crippen molar-refractivity contribution in [2.75, 3.05) is 44.8 Å². The lowest BCUT2D eigenvalue weighted by molar-refractivity contribution is -0.133. The van der Waals surface area contributed by atoms with E-state index in [1.165, 1.54) is 6.08 Å². The van der Waals surface area contributed by atoms with Crippen molar-refractivity contribution in [1.29, 1.82) is 0 Å². The number of para-hydroxylation sites is 1. The second-order valence-electron chi connectivity index (χ2n) is 6.70.